The molecule has 3 heterocycles. The van der Waals surface area contributed by atoms with Crippen molar-refractivity contribution in [3.63, 3.8) is 0 Å². The Kier molecular flexibility index (Phi) is 5.22. The third-order valence-electron chi connectivity index (χ3n) is 6.60. The highest BCUT2D eigenvalue weighted by molar-refractivity contribution is 5.99. The highest BCUT2D eigenvalue weighted by Crippen LogP contribution is 2.42. The highest BCUT2D eigenvalue weighted by atomic mass is 16.5. The van der Waals surface area contributed by atoms with E-state index in [1.807, 2.05) is 35.0 Å². The van der Waals surface area contributed by atoms with Crippen LogP contribution in [0, 0.1) is 0 Å². The molecule has 1 aliphatic carbocycles. The number of nitrogens with one attached hydrogen (secondary N) is 1. The highest BCUT2D eigenvalue weighted by Gasteiger charge is 2.49. The van der Waals surface area contributed by atoms with Gasteiger partial charge in [-0.3, -0.25) is 14.3 Å². The summed E-state index contributed by atoms with van der Waals surface area (Å²) in [6.45, 7) is 2.04. The Bertz CT molecular complexity index is 1130. The van der Waals surface area contributed by atoms with Crippen molar-refractivity contribution in [3.05, 3.63) is 53.5 Å². The number of aliphatic hydroxyl groups is 1. The second-order valence-corrected chi connectivity index (χ2v) is 8.59. The standard InChI is InChI=1S/C23H27N5O4/c1-26(23(6-7-23)15-32-11-10-29)21(30)17-13-24-28-9-8-27(14-20(17)28)22(31)19-12-16-4-2-3-5-18(16)25-19/h2-5,12-13,25,29H,6-11,14-15H2,1H3. The number of carbonyl (C=O) groups is 2. The fourth-order valence-corrected chi connectivity index (χ4v) is 4.40. The summed E-state index contributed by atoms with van der Waals surface area (Å²) in [5, 5.41) is 14.3. The molecule has 0 saturated heterocycles. The van der Waals surface area contributed by atoms with Gasteiger partial charge in [-0.15, -0.1) is 0 Å². The minimum Gasteiger partial charge on any atom is -0.394 e. The molecule has 168 valence electrons. The number of aromatic nitrogens is 3. The summed E-state index contributed by atoms with van der Waals surface area (Å²) in [6.07, 6.45) is 3.35. The largest absolute Gasteiger partial charge is 0.394 e. The van der Waals surface area contributed by atoms with E-state index in [0.29, 0.717) is 37.5 Å². The number of ether oxygens (including phenoxy) is 1. The van der Waals surface area contributed by atoms with Crippen molar-refractivity contribution in [2.75, 3.05) is 33.4 Å². The van der Waals surface area contributed by atoms with Crippen molar-refractivity contribution in [2.45, 2.75) is 31.5 Å². The number of likely N-dealkylation sites (N-methyl/N-ethyl adjacent to an activating group) is 1. The maximum atomic E-state index is 13.3. The molecule has 2 aromatic heterocycles. The molecule has 9 heteroatoms. The van der Waals surface area contributed by atoms with Crippen LogP contribution in [0.25, 0.3) is 10.9 Å². The number of hydrogen-bond acceptors (Lipinski definition) is 5. The molecule has 1 saturated carbocycles. The number of fused-ring (bicyclic) bond motifs is 2. The van der Waals surface area contributed by atoms with E-state index in [4.69, 9.17) is 9.84 Å². The van der Waals surface area contributed by atoms with Crippen LogP contribution in [0.15, 0.2) is 36.5 Å². The normalized spacial score (nSPS) is 16.8. The number of rotatable bonds is 7. The zero-order valence-corrected chi connectivity index (χ0v) is 18.1. The van der Waals surface area contributed by atoms with E-state index >= 15 is 0 Å². The van der Waals surface area contributed by atoms with Crippen molar-refractivity contribution in [1.82, 2.24) is 24.6 Å². The lowest BCUT2D eigenvalue weighted by atomic mass is 10.1. The molecule has 0 unspecified atom stereocenters. The Balaban J connectivity index is 1.33. The van der Waals surface area contributed by atoms with Gasteiger partial charge in [-0.1, -0.05) is 18.2 Å². The number of nitrogens with zero attached hydrogens (tertiary/aromatic N) is 4. The molecule has 0 bridgehead atoms. The smallest absolute Gasteiger partial charge is 0.270 e. The first kappa shape index (κ1) is 20.7. The predicted octanol–water partition coefficient (Wildman–Crippen LogP) is 1.63. The van der Waals surface area contributed by atoms with E-state index in [1.54, 1.807) is 23.0 Å². The topological polar surface area (TPSA) is 104 Å². The van der Waals surface area contributed by atoms with Crippen molar-refractivity contribution in [2.24, 2.45) is 0 Å². The number of carbonyl (C=O) groups excluding carboxylic acids is 2. The van der Waals surface area contributed by atoms with Gasteiger partial charge in [0, 0.05) is 24.5 Å². The average Bonchev–Trinajstić information content (AvgIpc) is 3.29. The fraction of sp³-hybridized carbons (Fsp3) is 0.435. The molecule has 2 aliphatic rings. The molecular formula is C23H27N5O4. The fourth-order valence-electron chi connectivity index (χ4n) is 4.40. The predicted molar refractivity (Wildman–Crippen MR) is 117 cm³/mol. The van der Waals surface area contributed by atoms with Gasteiger partial charge in [0.25, 0.3) is 11.8 Å². The van der Waals surface area contributed by atoms with Crippen LogP contribution < -0.4 is 0 Å². The summed E-state index contributed by atoms with van der Waals surface area (Å²) in [5.41, 5.74) is 2.42. The number of para-hydroxylation sites is 1. The molecule has 1 aliphatic heterocycles. The Morgan fingerprint density at radius 3 is 2.84 bits per heavy atom. The summed E-state index contributed by atoms with van der Waals surface area (Å²) in [6, 6.07) is 9.66. The second-order valence-electron chi connectivity index (χ2n) is 8.59. The average molecular weight is 438 g/mol. The van der Waals surface area contributed by atoms with Gasteiger partial charge in [0.05, 0.1) is 55.9 Å². The molecule has 2 N–H and O–H groups in total. The minimum absolute atomic E-state index is 0.0368. The lowest BCUT2D eigenvalue weighted by Gasteiger charge is -2.30. The van der Waals surface area contributed by atoms with Crippen molar-refractivity contribution < 1.29 is 19.4 Å². The van der Waals surface area contributed by atoms with Gasteiger partial charge in [0.2, 0.25) is 0 Å². The van der Waals surface area contributed by atoms with Crippen LogP contribution in [0.3, 0.4) is 0 Å². The van der Waals surface area contributed by atoms with Crippen LogP contribution in [-0.2, 0) is 17.8 Å². The number of hydrogen-bond donors (Lipinski definition) is 2. The number of H-pyrrole nitrogens is 1. The Morgan fingerprint density at radius 1 is 1.28 bits per heavy atom. The molecule has 2 amide bonds. The molecule has 32 heavy (non-hydrogen) atoms. The van der Waals surface area contributed by atoms with Gasteiger partial charge in [-0.05, 0) is 25.0 Å². The first-order valence-electron chi connectivity index (χ1n) is 10.9. The van der Waals surface area contributed by atoms with E-state index < -0.39 is 0 Å². The molecule has 0 atom stereocenters. The quantitative estimate of drug-likeness (QED) is 0.547. The third kappa shape index (κ3) is 3.57. The van der Waals surface area contributed by atoms with Gasteiger partial charge < -0.3 is 24.6 Å². The summed E-state index contributed by atoms with van der Waals surface area (Å²) in [7, 11) is 1.79. The lowest BCUT2D eigenvalue weighted by Crippen LogP contribution is -2.43. The maximum absolute atomic E-state index is 13.3. The SMILES string of the molecule is CN(C(=O)c1cnn2c1CN(C(=O)c1cc3ccccc3[nH]1)CC2)C1(COCCO)CC1. The van der Waals surface area contributed by atoms with E-state index in [-0.39, 0.29) is 30.6 Å². The van der Waals surface area contributed by atoms with Gasteiger partial charge in [-0.2, -0.15) is 5.10 Å². The summed E-state index contributed by atoms with van der Waals surface area (Å²) in [5.74, 6) is -0.201. The number of amides is 2. The molecule has 1 aromatic carbocycles. The molecule has 5 rings (SSSR count). The first-order chi connectivity index (χ1) is 15.5. The second kappa shape index (κ2) is 8.07. The van der Waals surface area contributed by atoms with Crippen LogP contribution in [0.2, 0.25) is 0 Å². The molecule has 1 fully saturated rings. The molecular weight excluding hydrogens is 410 g/mol. The van der Waals surface area contributed by atoms with E-state index in [9.17, 15) is 9.59 Å². The summed E-state index contributed by atoms with van der Waals surface area (Å²) >= 11 is 0. The Hall–Kier alpha value is -3.17. The molecule has 0 spiro atoms. The van der Waals surface area contributed by atoms with E-state index in [2.05, 4.69) is 10.1 Å². The third-order valence-corrected chi connectivity index (χ3v) is 6.60. The number of aromatic amines is 1. The van der Waals surface area contributed by atoms with Gasteiger partial charge in [0.15, 0.2) is 0 Å². The van der Waals surface area contributed by atoms with Crippen LogP contribution in [-0.4, -0.2) is 80.4 Å². The monoisotopic (exact) mass is 437 g/mol. The van der Waals surface area contributed by atoms with E-state index in [1.165, 1.54) is 0 Å². The summed E-state index contributed by atoms with van der Waals surface area (Å²) < 4.78 is 7.33. The molecule has 3 aromatic rings. The van der Waals surface area contributed by atoms with Crippen molar-refractivity contribution in [1.29, 1.82) is 0 Å². The van der Waals surface area contributed by atoms with Crippen molar-refractivity contribution >= 4 is 22.7 Å². The van der Waals surface area contributed by atoms with Crippen molar-refractivity contribution in [3.8, 4) is 0 Å². The van der Waals surface area contributed by atoms with Gasteiger partial charge >= 0.3 is 0 Å². The van der Waals surface area contributed by atoms with Gasteiger partial charge in [-0.25, -0.2) is 0 Å². The Labute approximate surface area is 185 Å². The maximum Gasteiger partial charge on any atom is 0.270 e. The van der Waals surface area contributed by atoms with Crippen LogP contribution in [0.4, 0.5) is 0 Å². The minimum atomic E-state index is -0.324. The van der Waals surface area contributed by atoms with Crippen LogP contribution in [0.5, 0.6) is 0 Å². The zero-order valence-electron chi connectivity index (χ0n) is 18.1. The van der Waals surface area contributed by atoms with Crippen LogP contribution in [0.1, 0.15) is 39.4 Å². The zero-order chi connectivity index (χ0) is 22.3. The van der Waals surface area contributed by atoms with Gasteiger partial charge in [0.1, 0.15) is 5.69 Å². The lowest BCUT2D eigenvalue weighted by molar-refractivity contribution is 0.0323. The molecule has 9 nitrogen and oxygen atoms in total. The number of aliphatic hydroxyl groups excluding tert-OH is 1. The van der Waals surface area contributed by atoms with E-state index in [0.717, 1.165) is 29.4 Å². The van der Waals surface area contributed by atoms with Crippen LogP contribution >= 0.6 is 0 Å². The summed E-state index contributed by atoms with van der Waals surface area (Å²) in [4.78, 5) is 33.2. The number of benzene rings is 1. The Morgan fingerprint density at radius 2 is 2.09 bits per heavy atom. The first-order valence-corrected chi connectivity index (χ1v) is 10.9. The molecule has 0 radical (unpaired) electrons.